The number of carbonyl (C=O) groups is 4. The Hall–Kier alpha value is -2.74. The molecule has 0 saturated carbocycles. The fraction of sp³-hybridized carbons (Fsp3) is 0.412. The van der Waals surface area contributed by atoms with Crippen LogP contribution < -0.4 is 11.1 Å². The third-order valence-corrected chi connectivity index (χ3v) is 3.31. The second-order valence-corrected chi connectivity index (χ2v) is 5.24. The summed E-state index contributed by atoms with van der Waals surface area (Å²) < 4.78 is 5.12. The van der Waals surface area contributed by atoms with E-state index in [0.717, 1.165) is 17.7 Å². The summed E-state index contributed by atoms with van der Waals surface area (Å²) in [6.45, 7) is 2.57. The van der Waals surface area contributed by atoms with Gasteiger partial charge in [0.2, 0.25) is 6.41 Å². The molecule has 0 aliphatic rings. The van der Waals surface area contributed by atoms with Crippen molar-refractivity contribution in [1.82, 2.24) is 4.90 Å². The van der Waals surface area contributed by atoms with Crippen LogP contribution in [0.15, 0.2) is 24.3 Å². The number of hydrogen-bond donors (Lipinski definition) is 2. The zero-order valence-electron chi connectivity index (χ0n) is 14.2. The Labute approximate surface area is 146 Å². The number of rotatable bonds is 9. The molecule has 3 N–H and O–H groups in total. The first-order chi connectivity index (χ1) is 12.0. The number of imide groups is 1. The number of benzene rings is 1. The van der Waals surface area contributed by atoms with Gasteiger partial charge in [-0.05, 0) is 31.5 Å². The second-order valence-electron chi connectivity index (χ2n) is 5.24. The first kappa shape index (κ1) is 20.3. The molecule has 8 nitrogen and oxygen atoms in total. The van der Waals surface area contributed by atoms with Crippen LogP contribution in [0.2, 0.25) is 0 Å². The second kappa shape index (κ2) is 10.9. The van der Waals surface area contributed by atoms with Crippen LogP contribution in [0.25, 0.3) is 0 Å². The van der Waals surface area contributed by atoms with E-state index in [1.165, 1.54) is 12.1 Å². The van der Waals surface area contributed by atoms with Gasteiger partial charge in [-0.2, -0.15) is 0 Å². The molecule has 3 amide bonds. The van der Waals surface area contributed by atoms with Gasteiger partial charge in [-0.25, -0.2) is 4.79 Å². The largest absolute Gasteiger partial charge is 0.462 e. The van der Waals surface area contributed by atoms with Gasteiger partial charge in [0, 0.05) is 6.54 Å². The van der Waals surface area contributed by atoms with Gasteiger partial charge in [-0.3, -0.25) is 19.3 Å². The average Bonchev–Trinajstić information content (AvgIpc) is 2.62. The van der Waals surface area contributed by atoms with Crippen molar-refractivity contribution in [3.63, 3.8) is 0 Å². The molecule has 25 heavy (non-hydrogen) atoms. The van der Waals surface area contributed by atoms with E-state index in [1.54, 1.807) is 12.1 Å². The number of ether oxygens (including phenoxy) is 1. The molecular weight excluding hydrogens is 326 g/mol. The Balaban J connectivity index is 2.81. The number of esters is 1. The van der Waals surface area contributed by atoms with E-state index < -0.39 is 17.8 Å². The standard InChI is InChI=1S/C17H23N3O5/c1-2-3-11-25-17(24)13-7-4-5-8-14(13)19-15(22)16(23)20(12-21)10-6-9-18/h4-5,7-8,12H,2-3,6,9-11,18H2,1H3,(H,19,22). The maximum Gasteiger partial charge on any atom is 0.340 e. The van der Waals surface area contributed by atoms with Crippen LogP contribution in [0.5, 0.6) is 0 Å². The molecule has 0 bridgehead atoms. The van der Waals surface area contributed by atoms with E-state index in [2.05, 4.69) is 5.32 Å². The minimum absolute atomic E-state index is 0.0486. The monoisotopic (exact) mass is 349 g/mol. The fourth-order valence-electron chi connectivity index (χ4n) is 1.93. The van der Waals surface area contributed by atoms with Crippen molar-refractivity contribution in [2.45, 2.75) is 26.2 Å². The van der Waals surface area contributed by atoms with Crippen LogP contribution in [-0.2, 0) is 19.1 Å². The van der Waals surface area contributed by atoms with Gasteiger partial charge >= 0.3 is 17.8 Å². The van der Waals surface area contributed by atoms with E-state index in [0.29, 0.717) is 6.42 Å². The summed E-state index contributed by atoms with van der Waals surface area (Å²) in [5, 5.41) is 2.35. The summed E-state index contributed by atoms with van der Waals surface area (Å²) in [5.41, 5.74) is 5.61. The molecule has 1 aromatic rings. The quantitative estimate of drug-likeness (QED) is 0.296. The number of unbranched alkanes of at least 4 members (excludes halogenated alkanes) is 1. The predicted molar refractivity (Wildman–Crippen MR) is 91.7 cm³/mol. The van der Waals surface area contributed by atoms with Crippen LogP contribution in [0, 0.1) is 0 Å². The molecule has 0 fully saturated rings. The van der Waals surface area contributed by atoms with E-state index >= 15 is 0 Å². The molecule has 1 aromatic carbocycles. The lowest BCUT2D eigenvalue weighted by molar-refractivity contribution is -0.146. The topological polar surface area (TPSA) is 119 Å². The van der Waals surface area contributed by atoms with E-state index in [4.69, 9.17) is 10.5 Å². The fourth-order valence-corrected chi connectivity index (χ4v) is 1.93. The number of para-hydroxylation sites is 1. The smallest absolute Gasteiger partial charge is 0.340 e. The van der Waals surface area contributed by atoms with Gasteiger partial charge in [-0.15, -0.1) is 0 Å². The Morgan fingerprint density at radius 1 is 1.24 bits per heavy atom. The lowest BCUT2D eigenvalue weighted by Crippen LogP contribution is -2.40. The molecule has 1 rings (SSSR count). The van der Waals surface area contributed by atoms with Crippen molar-refractivity contribution >= 4 is 29.9 Å². The van der Waals surface area contributed by atoms with Gasteiger partial charge in [0.1, 0.15) is 0 Å². The minimum atomic E-state index is -1.02. The molecule has 0 aliphatic heterocycles. The number of hydrogen-bond acceptors (Lipinski definition) is 6. The highest BCUT2D eigenvalue weighted by atomic mass is 16.5. The normalized spacial score (nSPS) is 10.0. The maximum atomic E-state index is 12.1. The first-order valence-electron chi connectivity index (χ1n) is 8.08. The number of amides is 3. The number of nitrogens with zero attached hydrogens (tertiary/aromatic N) is 1. The lowest BCUT2D eigenvalue weighted by Gasteiger charge is -2.15. The minimum Gasteiger partial charge on any atom is -0.462 e. The molecule has 0 radical (unpaired) electrons. The molecule has 0 saturated heterocycles. The molecule has 8 heteroatoms. The van der Waals surface area contributed by atoms with Crippen molar-refractivity contribution < 1.29 is 23.9 Å². The summed E-state index contributed by atoms with van der Waals surface area (Å²) in [4.78, 5) is 47.8. The average molecular weight is 349 g/mol. The SMILES string of the molecule is CCCCOC(=O)c1ccccc1NC(=O)C(=O)N(C=O)CCCN. The van der Waals surface area contributed by atoms with Crippen LogP contribution in [-0.4, -0.2) is 48.8 Å². The van der Waals surface area contributed by atoms with Crippen molar-refractivity contribution in [3.05, 3.63) is 29.8 Å². The number of carbonyl (C=O) groups excluding carboxylic acids is 4. The highest BCUT2D eigenvalue weighted by Crippen LogP contribution is 2.16. The molecule has 0 atom stereocenters. The highest BCUT2D eigenvalue weighted by molar-refractivity contribution is 6.41. The Bertz CT molecular complexity index is 618. The van der Waals surface area contributed by atoms with Gasteiger partial charge in [0.25, 0.3) is 0 Å². The Kier molecular flexibility index (Phi) is 8.87. The van der Waals surface area contributed by atoms with Crippen LogP contribution in [0.1, 0.15) is 36.5 Å². The number of anilines is 1. The van der Waals surface area contributed by atoms with Crippen LogP contribution >= 0.6 is 0 Å². The molecule has 0 spiro atoms. The molecule has 0 aliphatic carbocycles. The van der Waals surface area contributed by atoms with Crippen molar-refractivity contribution in [2.24, 2.45) is 5.73 Å². The summed E-state index contributed by atoms with van der Waals surface area (Å²) in [5.74, 6) is -2.62. The van der Waals surface area contributed by atoms with Gasteiger partial charge in [0.05, 0.1) is 17.9 Å². The molecule has 0 unspecified atom stereocenters. The molecule has 0 aromatic heterocycles. The zero-order chi connectivity index (χ0) is 18.7. The van der Waals surface area contributed by atoms with Crippen molar-refractivity contribution in [2.75, 3.05) is 25.0 Å². The van der Waals surface area contributed by atoms with E-state index in [9.17, 15) is 19.2 Å². The third-order valence-electron chi connectivity index (χ3n) is 3.31. The summed E-state index contributed by atoms with van der Waals surface area (Å²) in [6, 6.07) is 6.19. The molecule has 136 valence electrons. The molecule has 0 heterocycles. The summed E-state index contributed by atoms with van der Waals surface area (Å²) in [7, 11) is 0. The maximum absolute atomic E-state index is 12.1. The van der Waals surface area contributed by atoms with Gasteiger partial charge in [-0.1, -0.05) is 25.5 Å². The van der Waals surface area contributed by atoms with E-state index in [1.807, 2.05) is 6.92 Å². The van der Waals surface area contributed by atoms with Crippen LogP contribution in [0.3, 0.4) is 0 Å². The van der Waals surface area contributed by atoms with Crippen LogP contribution in [0.4, 0.5) is 5.69 Å². The van der Waals surface area contributed by atoms with E-state index in [-0.39, 0.29) is 37.4 Å². The van der Waals surface area contributed by atoms with Crippen molar-refractivity contribution in [3.8, 4) is 0 Å². The van der Waals surface area contributed by atoms with Gasteiger partial charge in [0.15, 0.2) is 0 Å². The number of nitrogens with two attached hydrogens (primary N) is 1. The highest BCUT2D eigenvalue weighted by Gasteiger charge is 2.23. The lowest BCUT2D eigenvalue weighted by atomic mass is 10.1. The molecular formula is C17H23N3O5. The Morgan fingerprint density at radius 2 is 1.96 bits per heavy atom. The Morgan fingerprint density at radius 3 is 2.60 bits per heavy atom. The first-order valence-corrected chi connectivity index (χ1v) is 8.08. The summed E-state index contributed by atoms with van der Waals surface area (Å²) in [6.07, 6.45) is 2.28. The number of nitrogens with one attached hydrogen (secondary N) is 1. The zero-order valence-corrected chi connectivity index (χ0v) is 14.2. The van der Waals surface area contributed by atoms with Gasteiger partial charge < -0.3 is 15.8 Å². The summed E-state index contributed by atoms with van der Waals surface area (Å²) >= 11 is 0. The third kappa shape index (κ3) is 6.34. The van der Waals surface area contributed by atoms with Crippen molar-refractivity contribution in [1.29, 1.82) is 0 Å². The predicted octanol–water partition coefficient (Wildman–Crippen LogP) is 0.916.